The Hall–Kier alpha value is -1.56. The van der Waals surface area contributed by atoms with Crippen LogP contribution in [0, 0.1) is 6.92 Å². The van der Waals surface area contributed by atoms with Crippen LogP contribution in [0.1, 0.15) is 40.4 Å². The van der Waals surface area contributed by atoms with Gasteiger partial charge in [-0.2, -0.15) is 11.8 Å². The Morgan fingerprint density at radius 2 is 2.05 bits per heavy atom. The molecule has 0 radical (unpaired) electrons. The van der Waals surface area contributed by atoms with Crippen LogP contribution in [0.3, 0.4) is 0 Å². The first-order valence-electron chi connectivity index (χ1n) is 5.81. The van der Waals surface area contributed by atoms with Gasteiger partial charge in [0.05, 0.1) is 11.3 Å². The van der Waals surface area contributed by atoms with Crippen molar-refractivity contribution in [2.45, 2.75) is 25.5 Å². The lowest BCUT2D eigenvalue weighted by Gasteiger charge is -2.22. The highest BCUT2D eigenvalue weighted by Gasteiger charge is 2.18. The van der Waals surface area contributed by atoms with Crippen LogP contribution < -0.4 is 5.32 Å². The summed E-state index contributed by atoms with van der Waals surface area (Å²) in [5, 5.41) is 11.7. The van der Waals surface area contributed by atoms with Gasteiger partial charge in [-0.1, -0.05) is 0 Å². The molecular weight excluding hydrogens is 264 g/mol. The monoisotopic (exact) mass is 282 g/mol. The molecule has 1 rings (SSSR count). The van der Waals surface area contributed by atoms with Crippen LogP contribution >= 0.6 is 11.8 Å². The van der Waals surface area contributed by atoms with Crippen LogP contribution in [0.25, 0.3) is 0 Å². The number of hydrogen-bond donors (Lipinski definition) is 2. The van der Waals surface area contributed by atoms with Crippen molar-refractivity contribution in [3.8, 4) is 0 Å². The molecule has 0 aromatic carbocycles. The number of amides is 1. The molecule has 5 nitrogen and oxygen atoms in total. The second kappa shape index (κ2) is 6.06. The van der Waals surface area contributed by atoms with Crippen LogP contribution in [0.4, 0.5) is 0 Å². The molecule has 104 valence electrons. The smallest absolute Gasteiger partial charge is 0.337 e. The largest absolute Gasteiger partial charge is 0.478 e. The fraction of sp³-hybridized carbons (Fsp3) is 0.462. The van der Waals surface area contributed by atoms with Crippen molar-refractivity contribution in [1.82, 2.24) is 10.3 Å². The standard InChI is InChI=1S/C13H18N2O3S/c1-8-9(12(17)18)5-6-10(15-8)11(16)14-7-13(2,3)19-4/h5-6H,7H2,1-4H3,(H,14,16)(H,17,18). The first-order valence-corrected chi connectivity index (χ1v) is 7.03. The summed E-state index contributed by atoms with van der Waals surface area (Å²) in [7, 11) is 0. The average Bonchev–Trinajstić information content (AvgIpc) is 2.35. The summed E-state index contributed by atoms with van der Waals surface area (Å²) >= 11 is 1.66. The maximum atomic E-state index is 11.9. The van der Waals surface area contributed by atoms with Gasteiger partial charge < -0.3 is 10.4 Å². The van der Waals surface area contributed by atoms with Crippen LogP contribution in [0.15, 0.2) is 12.1 Å². The minimum Gasteiger partial charge on any atom is -0.478 e. The number of nitrogens with zero attached hydrogens (tertiary/aromatic N) is 1. The van der Waals surface area contributed by atoms with E-state index in [0.29, 0.717) is 12.2 Å². The topological polar surface area (TPSA) is 79.3 Å². The van der Waals surface area contributed by atoms with Crippen molar-refractivity contribution in [1.29, 1.82) is 0 Å². The van der Waals surface area contributed by atoms with E-state index < -0.39 is 5.97 Å². The molecule has 0 fully saturated rings. The van der Waals surface area contributed by atoms with Crippen molar-refractivity contribution in [2.75, 3.05) is 12.8 Å². The maximum absolute atomic E-state index is 11.9. The number of pyridine rings is 1. The van der Waals surface area contributed by atoms with Gasteiger partial charge in [0.15, 0.2) is 0 Å². The Bertz CT molecular complexity index is 501. The number of hydrogen-bond acceptors (Lipinski definition) is 4. The number of aryl methyl sites for hydroxylation is 1. The van der Waals surface area contributed by atoms with Gasteiger partial charge in [-0.05, 0) is 39.2 Å². The number of rotatable bonds is 5. The summed E-state index contributed by atoms with van der Waals surface area (Å²) in [6.07, 6.45) is 1.98. The highest BCUT2D eigenvalue weighted by Crippen LogP contribution is 2.19. The molecule has 0 aliphatic carbocycles. The van der Waals surface area contributed by atoms with Gasteiger partial charge >= 0.3 is 5.97 Å². The fourth-order valence-electron chi connectivity index (χ4n) is 1.37. The summed E-state index contributed by atoms with van der Waals surface area (Å²) in [6.45, 7) is 6.16. The lowest BCUT2D eigenvalue weighted by molar-refractivity contribution is 0.0694. The van der Waals surface area contributed by atoms with E-state index in [1.54, 1.807) is 18.7 Å². The number of aromatic carboxylic acids is 1. The first-order chi connectivity index (χ1) is 8.76. The molecule has 19 heavy (non-hydrogen) atoms. The normalized spacial score (nSPS) is 11.2. The Morgan fingerprint density at radius 1 is 1.42 bits per heavy atom. The molecule has 0 aliphatic rings. The molecule has 1 aromatic heterocycles. The van der Waals surface area contributed by atoms with E-state index in [1.807, 2.05) is 20.1 Å². The van der Waals surface area contributed by atoms with E-state index in [2.05, 4.69) is 10.3 Å². The molecule has 0 aliphatic heterocycles. The molecule has 0 bridgehead atoms. The second-order valence-electron chi connectivity index (χ2n) is 4.78. The summed E-state index contributed by atoms with van der Waals surface area (Å²) in [6, 6.07) is 2.83. The quantitative estimate of drug-likeness (QED) is 0.863. The molecule has 1 amide bonds. The summed E-state index contributed by atoms with van der Waals surface area (Å²) in [4.78, 5) is 26.8. The minimum atomic E-state index is -1.04. The van der Waals surface area contributed by atoms with E-state index >= 15 is 0 Å². The number of aromatic nitrogens is 1. The Kier molecular flexibility index (Phi) is 4.94. The minimum absolute atomic E-state index is 0.0499. The number of thioether (sulfide) groups is 1. The average molecular weight is 282 g/mol. The first kappa shape index (κ1) is 15.5. The summed E-state index contributed by atoms with van der Waals surface area (Å²) in [5.41, 5.74) is 0.685. The molecule has 0 saturated heterocycles. The molecule has 0 unspecified atom stereocenters. The van der Waals surface area contributed by atoms with Crippen molar-refractivity contribution in [3.05, 3.63) is 29.1 Å². The molecule has 2 N–H and O–H groups in total. The zero-order valence-electron chi connectivity index (χ0n) is 11.5. The van der Waals surface area contributed by atoms with Crippen molar-refractivity contribution in [2.24, 2.45) is 0 Å². The Labute approximate surface area is 116 Å². The van der Waals surface area contributed by atoms with Gasteiger partial charge in [-0.15, -0.1) is 0 Å². The van der Waals surface area contributed by atoms with Gasteiger partial charge in [0, 0.05) is 11.3 Å². The molecular formula is C13H18N2O3S. The van der Waals surface area contributed by atoms with E-state index in [0.717, 1.165) is 0 Å². The van der Waals surface area contributed by atoms with Crippen LogP contribution in [0.5, 0.6) is 0 Å². The zero-order chi connectivity index (χ0) is 14.6. The summed E-state index contributed by atoms with van der Waals surface area (Å²) in [5.74, 6) is -1.33. The van der Waals surface area contributed by atoms with Gasteiger partial charge in [0.1, 0.15) is 5.69 Å². The zero-order valence-corrected chi connectivity index (χ0v) is 12.3. The maximum Gasteiger partial charge on any atom is 0.337 e. The highest BCUT2D eigenvalue weighted by atomic mass is 32.2. The van der Waals surface area contributed by atoms with Gasteiger partial charge in [-0.3, -0.25) is 4.79 Å². The molecule has 1 heterocycles. The van der Waals surface area contributed by atoms with Crippen LogP contribution in [-0.2, 0) is 0 Å². The van der Waals surface area contributed by atoms with E-state index in [9.17, 15) is 9.59 Å². The molecule has 0 saturated carbocycles. The number of carboxylic acid groups (broad SMARTS) is 1. The van der Waals surface area contributed by atoms with Crippen molar-refractivity contribution >= 4 is 23.6 Å². The van der Waals surface area contributed by atoms with E-state index in [-0.39, 0.29) is 21.9 Å². The van der Waals surface area contributed by atoms with E-state index in [4.69, 9.17) is 5.11 Å². The Morgan fingerprint density at radius 3 is 2.53 bits per heavy atom. The SMILES string of the molecule is CSC(C)(C)CNC(=O)c1ccc(C(=O)O)c(C)n1. The predicted octanol–water partition coefficient (Wildman–Crippen LogP) is 1.96. The van der Waals surface area contributed by atoms with Crippen LogP contribution in [-0.4, -0.2) is 39.5 Å². The van der Waals surface area contributed by atoms with Crippen molar-refractivity contribution in [3.63, 3.8) is 0 Å². The van der Waals surface area contributed by atoms with Gasteiger partial charge in [-0.25, -0.2) is 9.78 Å². The lowest BCUT2D eigenvalue weighted by atomic mass is 10.1. The fourth-order valence-corrected chi connectivity index (χ4v) is 1.59. The molecule has 1 aromatic rings. The second-order valence-corrected chi connectivity index (χ2v) is 6.29. The number of carbonyl (C=O) groups excluding carboxylic acids is 1. The number of carbonyl (C=O) groups is 2. The molecule has 0 spiro atoms. The molecule has 0 atom stereocenters. The third kappa shape index (κ3) is 4.24. The van der Waals surface area contributed by atoms with Crippen LogP contribution in [0.2, 0.25) is 0 Å². The molecule has 6 heteroatoms. The van der Waals surface area contributed by atoms with Crippen molar-refractivity contribution < 1.29 is 14.7 Å². The number of carboxylic acids is 1. The Balaban J connectivity index is 2.79. The van der Waals surface area contributed by atoms with Gasteiger partial charge in [0.25, 0.3) is 5.91 Å². The highest BCUT2D eigenvalue weighted by molar-refractivity contribution is 7.99. The number of nitrogens with one attached hydrogen (secondary N) is 1. The summed E-state index contributed by atoms with van der Waals surface area (Å²) < 4.78 is -0.0499. The van der Waals surface area contributed by atoms with Gasteiger partial charge in [0.2, 0.25) is 0 Å². The third-order valence-electron chi connectivity index (χ3n) is 2.78. The lowest BCUT2D eigenvalue weighted by Crippen LogP contribution is -2.36. The predicted molar refractivity (Wildman–Crippen MR) is 75.9 cm³/mol. The third-order valence-corrected chi connectivity index (χ3v) is 4.03. The van der Waals surface area contributed by atoms with E-state index in [1.165, 1.54) is 12.1 Å².